The quantitative estimate of drug-likeness (QED) is 0.424. The number of halogens is 1. The maximum Gasteiger partial charge on any atom is 2.00 e. The molecule has 0 saturated carbocycles. The molecule has 2 radical (unpaired) electrons. The molecule has 0 amide bonds. The molecule has 0 aromatic heterocycles. The zero-order valence-electron chi connectivity index (χ0n) is 2.43. The first-order valence-electron chi connectivity index (χ1n) is 0. The predicted octanol–water partition coefficient (Wildman–Crippen LogP) is -0.911. The summed E-state index contributed by atoms with van der Waals surface area (Å²) < 4.78 is 0. The topological polar surface area (TPSA) is 90.0 Å². The van der Waals surface area contributed by atoms with Crippen molar-refractivity contribution in [3.8, 4) is 0 Å². The molecule has 0 unspecified atom stereocenters. The van der Waals surface area contributed by atoms with Gasteiger partial charge in [-0.2, -0.15) is 0 Å². The van der Waals surface area contributed by atoms with Gasteiger partial charge in [0.1, 0.15) is 0 Å². The Hall–Kier alpha value is 1.13. The van der Waals surface area contributed by atoms with Crippen molar-refractivity contribution in [2.45, 2.75) is 0 Å². The van der Waals surface area contributed by atoms with Gasteiger partial charge in [-0.15, -0.1) is 0 Å². The maximum absolute atomic E-state index is 0. The Morgan fingerprint density at radius 1 is 0.600 bits per heavy atom. The molecule has 3 nitrogen and oxygen atoms in total. The first kappa shape index (κ1) is 127. The van der Waals surface area contributed by atoms with Gasteiger partial charge in [-0.05, 0) is 0 Å². The monoisotopic (exact) mass is 154 g/mol. The van der Waals surface area contributed by atoms with Gasteiger partial charge in [0, 0.05) is 0 Å². The van der Waals surface area contributed by atoms with Crippen LogP contribution in [0.4, 0.5) is 0 Å². The van der Waals surface area contributed by atoms with Crippen molar-refractivity contribution in [2.24, 2.45) is 0 Å². The summed E-state index contributed by atoms with van der Waals surface area (Å²) in [7, 11) is 0. The Morgan fingerprint density at radius 2 is 0.600 bits per heavy atom. The molecule has 0 aliphatic carbocycles. The summed E-state index contributed by atoms with van der Waals surface area (Å²) in [5.41, 5.74) is 0. The summed E-state index contributed by atoms with van der Waals surface area (Å²) in [5.74, 6) is 0. The molecule has 0 saturated heterocycles. The first-order chi connectivity index (χ1) is 0. The van der Waals surface area contributed by atoms with Gasteiger partial charge in [0.15, 0.2) is 0 Å². The molecule has 0 aromatic rings. The molecule has 0 aromatic carbocycles. The summed E-state index contributed by atoms with van der Waals surface area (Å²) in [4.78, 5) is 0. The third-order valence-corrected chi connectivity index (χ3v) is 0. The van der Waals surface area contributed by atoms with Gasteiger partial charge in [-0.25, -0.2) is 0 Å². The van der Waals surface area contributed by atoms with E-state index < -0.39 is 0 Å². The van der Waals surface area contributed by atoms with Crippen molar-refractivity contribution >= 4 is 23.1 Å². The van der Waals surface area contributed by atoms with E-state index in [4.69, 9.17) is 0 Å². The molecule has 0 bridgehead atoms. The Morgan fingerprint density at radius 3 is 0.600 bits per heavy atom. The van der Waals surface area contributed by atoms with E-state index in [1.54, 1.807) is 0 Å². The molecular formula is H3BrMgO3. The largest absolute Gasteiger partial charge is 2.00 e. The molecule has 30 valence electrons. The third kappa shape index (κ3) is 39.5. The Bertz CT molecular complexity index is 6.85. The minimum Gasteiger partial charge on any atom is -0.870 e. The van der Waals surface area contributed by atoms with Crippen molar-refractivity contribution in [1.82, 2.24) is 0 Å². The molecule has 3 N–H and O–H groups in total. The van der Waals surface area contributed by atoms with E-state index in [9.17, 15) is 0 Å². The minimum atomic E-state index is 0. The van der Waals surface area contributed by atoms with E-state index in [-0.39, 0.29) is 56.5 Å². The zero-order chi connectivity index (χ0) is 0. The summed E-state index contributed by atoms with van der Waals surface area (Å²) in [6.07, 6.45) is 0. The second-order valence-corrected chi connectivity index (χ2v) is 0. The second-order valence-electron chi connectivity index (χ2n) is 0. The third-order valence-electron chi connectivity index (χ3n) is 0. The van der Waals surface area contributed by atoms with Crippen LogP contribution in [0.2, 0.25) is 0 Å². The summed E-state index contributed by atoms with van der Waals surface area (Å²) in [6.45, 7) is 0. The second kappa shape index (κ2) is 68.8. The molecular weight excluding hydrogens is 152 g/mol. The Balaban J connectivity index is 0. The fraction of sp³-hybridized carbons (Fsp3) is 0. The van der Waals surface area contributed by atoms with Crippen LogP contribution < -0.4 is 0 Å². The van der Waals surface area contributed by atoms with Gasteiger partial charge in [0.05, 0.1) is 0 Å². The fourth-order valence-electron chi connectivity index (χ4n) is 0. The van der Waals surface area contributed by atoms with Crippen LogP contribution in [0.5, 0.6) is 0 Å². The number of rotatable bonds is 0. The zero-order valence-corrected chi connectivity index (χ0v) is 5.43. The van der Waals surface area contributed by atoms with Crippen LogP contribution in [0.3, 0.4) is 0 Å². The van der Waals surface area contributed by atoms with Gasteiger partial charge >= 0.3 is 40.0 Å². The van der Waals surface area contributed by atoms with Crippen molar-refractivity contribution in [2.75, 3.05) is 0 Å². The average molecular weight is 155 g/mol. The smallest absolute Gasteiger partial charge is 0.870 e. The number of hydrogen-bond donors (Lipinski definition) is 0. The molecule has 0 aliphatic rings. The van der Waals surface area contributed by atoms with Gasteiger partial charge in [0.25, 0.3) is 0 Å². The maximum atomic E-state index is 0. The summed E-state index contributed by atoms with van der Waals surface area (Å²) in [5, 5.41) is 0. The molecule has 0 spiro atoms. The molecule has 5 heavy (non-hydrogen) atoms. The van der Waals surface area contributed by atoms with Gasteiger partial charge in [-0.1, -0.05) is 0 Å². The molecule has 0 aliphatic heterocycles. The molecule has 0 heterocycles. The molecule has 0 atom stereocenters. The van der Waals surface area contributed by atoms with Gasteiger partial charge in [0.2, 0.25) is 0 Å². The SMILES string of the molecule is [Br+].[Mg+2].[OH-].[OH-].[OH-]. The van der Waals surface area contributed by atoms with Crippen LogP contribution >= 0.6 is 0 Å². The van der Waals surface area contributed by atoms with Crippen molar-refractivity contribution in [3.05, 3.63) is 0 Å². The normalized spacial score (nSPS) is 0. The van der Waals surface area contributed by atoms with Crippen LogP contribution in [0.25, 0.3) is 0 Å². The van der Waals surface area contributed by atoms with E-state index >= 15 is 0 Å². The van der Waals surface area contributed by atoms with Crippen LogP contribution in [0.1, 0.15) is 0 Å². The fourth-order valence-corrected chi connectivity index (χ4v) is 0. The van der Waals surface area contributed by atoms with Crippen LogP contribution in [0, 0.1) is 17.0 Å². The summed E-state index contributed by atoms with van der Waals surface area (Å²) in [6, 6.07) is 0. The van der Waals surface area contributed by atoms with Crippen LogP contribution in [-0.4, -0.2) is 39.5 Å². The standard InChI is InChI=1S/Br.Mg.3H2O/h;;3*1H2/q+1;+2;;;/p-3. The molecule has 0 fully saturated rings. The molecule has 0 rings (SSSR count). The van der Waals surface area contributed by atoms with Gasteiger partial charge < -0.3 is 16.4 Å². The van der Waals surface area contributed by atoms with Crippen molar-refractivity contribution < 1.29 is 33.4 Å². The molecule has 5 heteroatoms. The Labute approximate surface area is 56.6 Å². The van der Waals surface area contributed by atoms with E-state index in [1.165, 1.54) is 0 Å². The minimum absolute atomic E-state index is 0. The average Bonchev–Trinajstić information content (AvgIpc) is 0. The van der Waals surface area contributed by atoms with Crippen molar-refractivity contribution in [1.29, 1.82) is 0 Å². The van der Waals surface area contributed by atoms with E-state index in [1.807, 2.05) is 0 Å². The first-order valence-corrected chi connectivity index (χ1v) is 0. The van der Waals surface area contributed by atoms with Gasteiger partial charge in [-0.3, -0.25) is 0 Å². The number of hydrogen-bond acceptors (Lipinski definition) is 3. The van der Waals surface area contributed by atoms with E-state index in [0.717, 1.165) is 0 Å². The van der Waals surface area contributed by atoms with E-state index in [0.29, 0.717) is 0 Å². The van der Waals surface area contributed by atoms with Crippen LogP contribution in [0.15, 0.2) is 0 Å². The predicted molar refractivity (Wildman–Crippen MR) is 11.6 cm³/mol. The Kier molecular flexibility index (Phi) is 1750. The summed E-state index contributed by atoms with van der Waals surface area (Å²) >= 11 is 0. The van der Waals surface area contributed by atoms with E-state index in [2.05, 4.69) is 0 Å². The van der Waals surface area contributed by atoms with Crippen molar-refractivity contribution in [3.63, 3.8) is 0 Å². The van der Waals surface area contributed by atoms with Crippen LogP contribution in [-0.2, 0) is 0 Å².